The number of hydrogen-bond acceptors (Lipinski definition) is 6. The maximum Gasteiger partial charge on any atom is 0.326 e. The van der Waals surface area contributed by atoms with Crippen molar-refractivity contribution >= 4 is 17.6 Å². The number of esters is 1. The predicted molar refractivity (Wildman–Crippen MR) is 98.7 cm³/mol. The molecule has 0 aliphatic carbocycles. The molecule has 140 valence electrons. The molecule has 1 aromatic carbocycles. The molecule has 2 aromatic rings. The number of carbonyl (C=O) groups is 1. The molecule has 0 spiro atoms. The summed E-state index contributed by atoms with van der Waals surface area (Å²) in [4.78, 5) is 14.8. The predicted octanol–water partition coefficient (Wildman–Crippen LogP) is 4.09. The highest BCUT2D eigenvalue weighted by Crippen LogP contribution is 2.36. The number of hydrogen-bond donors (Lipinski definition) is 0. The van der Waals surface area contributed by atoms with Crippen LogP contribution in [0.1, 0.15) is 45.4 Å². The Labute approximate surface area is 158 Å². The Bertz CT molecular complexity index is 764. The van der Waals surface area contributed by atoms with Crippen LogP contribution in [0, 0.1) is 0 Å². The highest BCUT2D eigenvalue weighted by Gasteiger charge is 2.48. The SMILES string of the molecule is CCC[C@@]1(C(=O)OCC)CCCN1Cc1nnc(-c2ccccc2Cl)o1. The molecule has 2 heterocycles. The van der Waals surface area contributed by atoms with Crippen molar-refractivity contribution in [2.45, 2.75) is 51.6 Å². The van der Waals surface area contributed by atoms with Gasteiger partial charge in [0.2, 0.25) is 11.8 Å². The minimum Gasteiger partial charge on any atom is -0.465 e. The first-order valence-corrected chi connectivity index (χ1v) is 9.48. The van der Waals surface area contributed by atoms with Crippen LogP contribution >= 0.6 is 11.6 Å². The lowest BCUT2D eigenvalue weighted by atomic mass is 9.90. The maximum absolute atomic E-state index is 12.7. The van der Waals surface area contributed by atoms with Gasteiger partial charge >= 0.3 is 5.97 Å². The molecule has 7 heteroatoms. The van der Waals surface area contributed by atoms with Gasteiger partial charge in [-0.25, -0.2) is 0 Å². The highest BCUT2D eigenvalue weighted by molar-refractivity contribution is 6.33. The fourth-order valence-corrected chi connectivity index (χ4v) is 3.90. The summed E-state index contributed by atoms with van der Waals surface area (Å²) < 4.78 is 11.2. The molecule has 1 aromatic heterocycles. The summed E-state index contributed by atoms with van der Waals surface area (Å²) in [7, 11) is 0. The largest absolute Gasteiger partial charge is 0.465 e. The van der Waals surface area contributed by atoms with Crippen LogP contribution in [-0.4, -0.2) is 39.8 Å². The van der Waals surface area contributed by atoms with Crippen molar-refractivity contribution in [1.82, 2.24) is 15.1 Å². The first-order valence-electron chi connectivity index (χ1n) is 9.10. The average Bonchev–Trinajstić information content (AvgIpc) is 3.25. The first kappa shape index (κ1) is 18.9. The molecule has 0 N–H and O–H groups in total. The average molecular weight is 378 g/mol. The quantitative estimate of drug-likeness (QED) is 0.677. The van der Waals surface area contributed by atoms with Crippen LogP contribution in [0.2, 0.25) is 5.02 Å². The molecular formula is C19H24ClN3O3. The molecule has 0 saturated carbocycles. The molecule has 1 fully saturated rings. The fourth-order valence-electron chi connectivity index (χ4n) is 3.68. The van der Waals surface area contributed by atoms with E-state index in [1.165, 1.54) is 0 Å². The van der Waals surface area contributed by atoms with Crippen molar-refractivity contribution in [2.24, 2.45) is 0 Å². The Kier molecular flexibility index (Phi) is 5.94. The molecule has 1 atom stereocenters. The number of carbonyl (C=O) groups excluding carboxylic acids is 1. The lowest BCUT2D eigenvalue weighted by Gasteiger charge is -2.35. The standard InChI is InChI=1S/C19H24ClN3O3/c1-3-10-19(18(24)25-4-2)11-7-12-23(19)13-16-21-22-17(26-16)14-8-5-6-9-15(14)20/h5-6,8-9H,3-4,7,10-13H2,1-2H3/t19-/m0/s1. The Morgan fingerprint density at radius 3 is 2.88 bits per heavy atom. The van der Waals surface area contributed by atoms with E-state index in [4.69, 9.17) is 20.8 Å². The van der Waals surface area contributed by atoms with Crippen molar-refractivity contribution in [3.05, 3.63) is 35.2 Å². The molecule has 1 aliphatic rings. The Morgan fingerprint density at radius 1 is 1.35 bits per heavy atom. The minimum absolute atomic E-state index is 0.148. The monoisotopic (exact) mass is 377 g/mol. The third-order valence-corrected chi connectivity index (χ3v) is 5.17. The second kappa shape index (κ2) is 8.18. The molecule has 26 heavy (non-hydrogen) atoms. The van der Waals surface area contributed by atoms with Crippen LogP contribution < -0.4 is 0 Å². The summed E-state index contributed by atoms with van der Waals surface area (Å²) in [5, 5.41) is 8.84. The van der Waals surface area contributed by atoms with Gasteiger partial charge < -0.3 is 9.15 Å². The molecular weight excluding hydrogens is 354 g/mol. The summed E-state index contributed by atoms with van der Waals surface area (Å²) in [5.41, 5.74) is 0.114. The van der Waals surface area contributed by atoms with Gasteiger partial charge in [0.15, 0.2) is 0 Å². The van der Waals surface area contributed by atoms with E-state index >= 15 is 0 Å². The van der Waals surface area contributed by atoms with E-state index in [0.717, 1.165) is 32.2 Å². The second-order valence-electron chi connectivity index (χ2n) is 6.51. The van der Waals surface area contributed by atoms with Gasteiger partial charge in [-0.3, -0.25) is 9.69 Å². The number of aromatic nitrogens is 2. The van der Waals surface area contributed by atoms with Crippen molar-refractivity contribution < 1.29 is 13.9 Å². The van der Waals surface area contributed by atoms with Gasteiger partial charge in [-0.15, -0.1) is 10.2 Å². The zero-order valence-corrected chi connectivity index (χ0v) is 16.0. The van der Waals surface area contributed by atoms with Crippen LogP contribution in [0.15, 0.2) is 28.7 Å². The minimum atomic E-state index is -0.593. The van der Waals surface area contributed by atoms with E-state index in [2.05, 4.69) is 22.0 Å². The molecule has 0 unspecified atom stereocenters. The van der Waals surface area contributed by atoms with Crippen LogP contribution in [0.3, 0.4) is 0 Å². The molecule has 6 nitrogen and oxygen atoms in total. The normalized spacial score (nSPS) is 20.4. The van der Waals surface area contributed by atoms with Gasteiger partial charge in [0, 0.05) is 0 Å². The van der Waals surface area contributed by atoms with E-state index < -0.39 is 5.54 Å². The number of likely N-dealkylation sites (tertiary alicyclic amines) is 1. The summed E-state index contributed by atoms with van der Waals surface area (Å²) >= 11 is 6.20. The molecule has 0 amide bonds. The number of rotatable bonds is 7. The van der Waals surface area contributed by atoms with Gasteiger partial charge in [-0.1, -0.05) is 37.1 Å². The van der Waals surface area contributed by atoms with Gasteiger partial charge in [0.25, 0.3) is 0 Å². The second-order valence-corrected chi connectivity index (χ2v) is 6.92. The first-order chi connectivity index (χ1) is 12.6. The van der Waals surface area contributed by atoms with Gasteiger partial charge in [-0.2, -0.15) is 0 Å². The third-order valence-electron chi connectivity index (χ3n) is 4.84. The van der Waals surface area contributed by atoms with Gasteiger partial charge in [0.1, 0.15) is 5.54 Å². The van der Waals surface area contributed by atoms with Crippen LogP contribution in [0.25, 0.3) is 11.5 Å². The number of ether oxygens (including phenoxy) is 1. The van der Waals surface area contributed by atoms with E-state index in [1.807, 2.05) is 25.1 Å². The summed E-state index contributed by atoms with van der Waals surface area (Å²) in [6.07, 6.45) is 3.41. The van der Waals surface area contributed by atoms with Gasteiger partial charge in [0.05, 0.1) is 23.7 Å². The number of nitrogens with zero attached hydrogens (tertiary/aromatic N) is 3. The smallest absolute Gasteiger partial charge is 0.326 e. The summed E-state index contributed by atoms with van der Waals surface area (Å²) in [6, 6.07) is 7.36. The Hall–Kier alpha value is -1.92. The Balaban J connectivity index is 1.81. The third kappa shape index (κ3) is 3.62. The summed E-state index contributed by atoms with van der Waals surface area (Å²) in [6.45, 7) is 5.54. The molecule has 0 bridgehead atoms. The number of benzene rings is 1. The van der Waals surface area contributed by atoms with Crippen molar-refractivity contribution in [1.29, 1.82) is 0 Å². The van der Waals surface area contributed by atoms with E-state index in [9.17, 15) is 4.79 Å². The molecule has 3 rings (SSSR count). The molecule has 1 aliphatic heterocycles. The van der Waals surface area contributed by atoms with Crippen molar-refractivity contribution in [3.63, 3.8) is 0 Å². The zero-order chi connectivity index (χ0) is 18.6. The number of halogens is 1. The lowest BCUT2D eigenvalue weighted by Crippen LogP contribution is -2.51. The van der Waals surface area contributed by atoms with Crippen molar-refractivity contribution in [3.8, 4) is 11.5 Å². The van der Waals surface area contributed by atoms with E-state index in [1.54, 1.807) is 6.07 Å². The Morgan fingerprint density at radius 2 is 2.15 bits per heavy atom. The van der Waals surface area contributed by atoms with Crippen LogP contribution in [-0.2, 0) is 16.1 Å². The van der Waals surface area contributed by atoms with E-state index in [-0.39, 0.29) is 5.97 Å². The highest BCUT2D eigenvalue weighted by atomic mass is 35.5. The fraction of sp³-hybridized carbons (Fsp3) is 0.526. The van der Waals surface area contributed by atoms with Crippen LogP contribution in [0.5, 0.6) is 0 Å². The molecule has 0 radical (unpaired) electrons. The zero-order valence-electron chi connectivity index (χ0n) is 15.2. The maximum atomic E-state index is 12.7. The topological polar surface area (TPSA) is 68.5 Å². The van der Waals surface area contributed by atoms with E-state index in [0.29, 0.717) is 35.5 Å². The van der Waals surface area contributed by atoms with Crippen LogP contribution in [0.4, 0.5) is 0 Å². The molecule has 1 saturated heterocycles. The summed E-state index contributed by atoms with van der Waals surface area (Å²) in [5.74, 6) is 0.721. The van der Waals surface area contributed by atoms with Gasteiger partial charge in [-0.05, 0) is 44.9 Å². The lowest BCUT2D eigenvalue weighted by molar-refractivity contribution is -0.157. The van der Waals surface area contributed by atoms with Crippen molar-refractivity contribution in [2.75, 3.05) is 13.2 Å².